The highest BCUT2D eigenvalue weighted by Crippen LogP contribution is 2.17. The molecule has 0 spiro atoms. The van der Waals surface area contributed by atoms with Gasteiger partial charge in [0.05, 0.1) is 6.61 Å². The van der Waals surface area contributed by atoms with Gasteiger partial charge in [-0.15, -0.1) is 0 Å². The molecule has 0 radical (unpaired) electrons. The molecule has 1 rings (SSSR count). The standard InChI is InChI=1S/C10H21NO/c1-2-3-8-12-9-7-11-10-5-4-6-10/h10-11H,2-9H2,1H3. The summed E-state index contributed by atoms with van der Waals surface area (Å²) in [5, 5.41) is 3.47. The Hall–Kier alpha value is -0.0800. The van der Waals surface area contributed by atoms with E-state index in [1.54, 1.807) is 0 Å². The fraction of sp³-hybridized carbons (Fsp3) is 1.00. The van der Waals surface area contributed by atoms with Gasteiger partial charge in [-0.3, -0.25) is 0 Å². The molecule has 0 unspecified atom stereocenters. The van der Waals surface area contributed by atoms with E-state index in [4.69, 9.17) is 4.74 Å². The Labute approximate surface area is 75.7 Å². The molecule has 2 heteroatoms. The molecule has 0 atom stereocenters. The molecule has 1 aliphatic rings. The van der Waals surface area contributed by atoms with Gasteiger partial charge in [0.15, 0.2) is 0 Å². The van der Waals surface area contributed by atoms with Crippen molar-refractivity contribution in [2.45, 2.75) is 45.1 Å². The van der Waals surface area contributed by atoms with Crippen LogP contribution in [0.3, 0.4) is 0 Å². The Balaban J connectivity index is 1.70. The largest absolute Gasteiger partial charge is 0.380 e. The lowest BCUT2D eigenvalue weighted by molar-refractivity contribution is 0.127. The minimum atomic E-state index is 0.805. The van der Waals surface area contributed by atoms with Gasteiger partial charge in [-0.05, 0) is 19.3 Å². The van der Waals surface area contributed by atoms with Crippen molar-refractivity contribution >= 4 is 0 Å². The molecule has 0 saturated heterocycles. The van der Waals surface area contributed by atoms with E-state index < -0.39 is 0 Å². The van der Waals surface area contributed by atoms with Crippen LogP contribution in [0.15, 0.2) is 0 Å². The van der Waals surface area contributed by atoms with Crippen LogP contribution in [0.25, 0.3) is 0 Å². The molecule has 0 amide bonds. The van der Waals surface area contributed by atoms with Gasteiger partial charge < -0.3 is 10.1 Å². The Kier molecular flexibility index (Phi) is 5.37. The predicted octanol–water partition coefficient (Wildman–Crippen LogP) is 1.95. The van der Waals surface area contributed by atoms with Gasteiger partial charge in [0, 0.05) is 19.2 Å². The first-order valence-corrected chi connectivity index (χ1v) is 5.24. The summed E-state index contributed by atoms with van der Waals surface area (Å²) in [7, 11) is 0. The van der Waals surface area contributed by atoms with Crippen molar-refractivity contribution in [2.24, 2.45) is 0 Å². The van der Waals surface area contributed by atoms with Gasteiger partial charge in [-0.2, -0.15) is 0 Å². The lowest BCUT2D eigenvalue weighted by Gasteiger charge is -2.26. The summed E-state index contributed by atoms with van der Waals surface area (Å²) in [5.74, 6) is 0. The molecule has 0 aromatic rings. The van der Waals surface area contributed by atoms with Crippen LogP contribution < -0.4 is 5.32 Å². The highest BCUT2D eigenvalue weighted by Gasteiger charge is 2.15. The summed E-state index contributed by atoms with van der Waals surface area (Å²) in [6.07, 6.45) is 6.58. The minimum absolute atomic E-state index is 0.805. The second-order valence-corrected chi connectivity index (χ2v) is 3.55. The first-order chi connectivity index (χ1) is 5.93. The molecule has 72 valence electrons. The third-order valence-electron chi connectivity index (χ3n) is 2.43. The molecule has 0 aromatic heterocycles. The van der Waals surface area contributed by atoms with Crippen molar-refractivity contribution in [3.8, 4) is 0 Å². The number of hydrogen-bond acceptors (Lipinski definition) is 2. The van der Waals surface area contributed by atoms with E-state index in [-0.39, 0.29) is 0 Å². The Bertz CT molecular complexity index is 102. The van der Waals surface area contributed by atoms with Crippen molar-refractivity contribution in [1.29, 1.82) is 0 Å². The lowest BCUT2D eigenvalue weighted by Crippen LogP contribution is -2.37. The van der Waals surface area contributed by atoms with Crippen molar-refractivity contribution in [2.75, 3.05) is 19.8 Å². The quantitative estimate of drug-likeness (QED) is 0.591. The average Bonchev–Trinajstić information content (AvgIpc) is 2.00. The average molecular weight is 171 g/mol. The van der Waals surface area contributed by atoms with Crippen LogP contribution in [0.5, 0.6) is 0 Å². The highest BCUT2D eigenvalue weighted by molar-refractivity contribution is 4.75. The van der Waals surface area contributed by atoms with Gasteiger partial charge in [0.1, 0.15) is 0 Å². The molecular formula is C10H21NO. The number of ether oxygens (including phenoxy) is 1. The summed E-state index contributed by atoms with van der Waals surface area (Å²) in [5.41, 5.74) is 0. The number of hydrogen-bond donors (Lipinski definition) is 1. The van der Waals surface area contributed by atoms with E-state index in [2.05, 4.69) is 12.2 Å². The van der Waals surface area contributed by atoms with Crippen LogP contribution in [0.4, 0.5) is 0 Å². The highest BCUT2D eigenvalue weighted by atomic mass is 16.5. The molecule has 12 heavy (non-hydrogen) atoms. The van der Waals surface area contributed by atoms with E-state index in [1.165, 1.54) is 32.1 Å². The first kappa shape index (κ1) is 10.0. The van der Waals surface area contributed by atoms with Gasteiger partial charge in [-0.25, -0.2) is 0 Å². The maximum absolute atomic E-state index is 5.43. The predicted molar refractivity (Wildman–Crippen MR) is 51.4 cm³/mol. The zero-order chi connectivity index (χ0) is 8.65. The topological polar surface area (TPSA) is 21.3 Å². The second-order valence-electron chi connectivity index (χ2n) is 3.55. The SMILES string of the molecule is CCCCOCCNC1CCC1. The van der Waals surface area contributed by atoms with E-state index in [0.29, 0.717) is 0 Å². The van der Waals surface area contributed by atoms with Crippen molar-refractivity contribution in [3.63, 3.8) is 0 Å². The molecule has 2 nitrogen and oxygen atoms in total. The minimum Gasteiger partial charge on any atom is -0.380 e. The Morgan fingerprint density at radius 2 is 2.17 bits per heavy atom. The van der Waals surface area contributed by atoms with Crippen LogP contribution in [-0.2, 0) is 4.74 Å². The van der Waals surface area contributed by atoms with Crippen molar-refractivity contribution < 1.29 is 4.74 Å². The molecule has 1 fully saturated rings. The number of unbranched alkanes of at least 4 members (excludes halogenated alkanes) is 1. The van der Waals surface area contributed by atoms with Crippen LogP contribution in [-0.4, -0.2) is 25.8 Å². The molecule has 0 bridgehead atoms. The third-order valence-corrected chi connectivity index (χ3v) is 2.43. The maximum atomic E-state index is 5.43. The van der Waals surface area contributed by atoms with Crippen molar-refractivity contribution in [1.82, 2.24) is 5.32 Å². The van der Waals surface area contributed by atoms with Crippen LogP contribution in [0, 0.1) is 0 Å². The fourth-order valence-corrected chi connectivity index (χ4v) is 1.30. The monoisotopic (exact) mass is 171 g/mol. The molecule has 0 aliphatic heterocycles. The van der Waals surface area contributed by atoms with E-state index >= 15 is 0 Å². The van der Waals surface area contributed by atoms with Crippen LogP contribution in [0.1, 0.15) is 39.0 Å². The molecule has 0 aromatic carbocycles. The normalized spacial score (nSPS) is 17.8. The van der Waals surface area contributed by atoms with Gasteiger partial charge in [0.2, 0.25) is 0 Å². The van der Waals surface area contributed by atoms with Crippen LogP contribution >= 0.6 is 0 Å². The summed E-state index contributed by atoms with van der Waals surface area (Å²) >= 11 is 0. The molecule has 0 heterocycles. The van der Waals surface area contributed by atoms with Gasteiger partial charge in [-0.1, -0.05) is 19.8 Å². The number of nitrogens with one attached hydrogen (secondary N) is 1. The van der Waals surface area contributed by atoms with E-state index in [1.807, 2.05) is 0 Å². The fourth-order valence-electron chi connectivity index (χ4n) is 1.30. The number of rotatable bonds is 7. The molecule has 1 saturated carbocycles. The second kappa shape index (κ2) is 6.44. The summed E-state index contributed by atoms with van der Waals surface area (Å²) in [6.45, 7) is 5.05. The Morgan fingerprint density at radius 1 is 1.33 bits per heavy atom. The molecular weight excluding hydrogens is 150 g/mol. The summed E-state index contributed by atoms with van der Waals surface area (Å²) < 4.78 is 5.43. The lowest BCUT2D eigenvalue weighted by atomic mass is 9.93. The van der Waals surface area contributed by atoms with E-state index in [9.17, 15) is 0 Å². The smallest absolute Gasteiger partial charge is 0.0590 e. The Morgan fingerprint density at radius 3 is 2.75 bits per heavy atom. The van der Waals surface area contributed by atoms with Crippen LogP contribution in [0.2, 0.25) is 0 Å². The molecule has 1 aliphatic carbocycles. The van der Waals surface area contributed by atoms with Gasteiger partial charge in [0.25, 0.3) is 0 Å². The van der Waals surface area contributed by atoms with Gasteiger partial charge >= 0.3 is 0 Å². The molecule has 1 N–H and O–H groups in total. The van der Waals surface area contributed by atoms with Crippen molar-refractivity contribution in [3.05, 3.63) is 0 Å². The zero-order valence-corrected chi connectivity index (χ0v) is 8.14. The maximum Gasteiger partial charge on any atom is 0.0590 e. The summed E-state index contributed by atoms with van der Waals surface area (Å²) in [6, 6.07) is 0.805. The summed E-state index contributed by atoms with van der Waals surface area (Å²) in [4.78, 5) is 0. The first-order valence-electron chi connectivity index (χ1n) is 5.24. The zero-order valence-electron chi connectivity index (χ0n) is 8.14. The van der Waals surface area contributed by atoms with E-state index in [0.717, 1.165) is 25.8 Å². The third kappa shape index (κ3) is 4.07.